The normalized spacial score (nSPS) is 11.7. The van der Waals surface area contributed by atoms with E-state index in [1.165, 1.54) is 12.1 Å². The molecule has 2 aromatic heterocycles. The predicted molar refractivity (Wildman–Crippen MR) is 81.6 cm³/mol. The van der Waals surface area contributed by atoms with Crippen LogP contribution >= 0.6 is 0 Å². The minimum atomic E-state index is -3.45. The molecule has 3 rings (SSSR count). The minimum Gasteiger partial charge on any atom is -0.463 e. The van der Waals surface area contributed by atoms with Crippen LogP contribution in [-0.2, 0) is 9.84 Å². The van der Waals surface area contributed by atoms with Crippen LogP contribution in [0.1, 0.15) is 6.42 Å². The maximum Gasteiger partial charge on any atom is 0.321 e. The Morgan fingerprint density at radius 1 is 1.09 bits per heavy atom. The van der Waals surface area contributed by atoms with E-state index in [1.807, 2.05) is 12.1 Å². The van der Waals surface area contributed by atoms with Crippen molar-refractivity contribution in [1.82, 2.24) is 14.6 Å². The fourth-order valence-corrected chi connectivity index (χ4v) is 3.37. The lowest BCUT2D eigenvalue weighted by molar-refractivity contribution is 0.289. The third-order valence-corrected chi connectivity index (χ3v) is 5.06. The van der Waals surface area contributed by atoms with E-state index < -0.39 is 15.7 Å². The van der Waals surface area contributed by atoms with Crippen molar-refractivity contribution in [2.45, 2.75) is 11.3 Å². The van der Waals surface area contributed by atoms with Crippen LogP contribution in [0.25, 0.3) is 5.65 Å². The first-order chi connectivity index (χ1) is 11.1. The van der Waals surface area contributed by atoms with E-state index in [0.29, 0.717) is 18.1 Å². The molecular formula is C15H14FN3O3S. The molecule has 0 fully saturated rings. The van der Waals surface area contributed by atoms with Gasteiger partial charge in [-0.3, -0.25) is 4.40 Å². The third-order valence-electron chi connectivity index (χ3n) is 3.24. The zero-order chi connectivity index (χ0) is 16.3. The SMILES string of the molecule is O=S(=O)(CCCOc1nnc2ccccn12)c1ccc(F)cc1. The van der Waals surface area contributed by atoms with Crippen LogP contribution in [0.4, 0.5) is 4.39 Å². The predicted octanol–water partition coefficient (Wildman–Crippen LogP) is 2.11. The summed E-state index contributed by atoms with van der Waals surface area (Å²) in [4.78, 5) is 0.104. The summed E-state index contributed by atoms with van der Waals surface area (Å²) < 4.78 is 44.2. The Hall–Kier alpha value is -2.48. The summed E-state index contributed by atoms with van der Waals surface area (Å²) in [5, 5.41) is 7.83. The maximum absolute atomic E-state index is 12.8. The Morgan fingerprint density at radius 2 is 1.87 bits per heavy atom. The largest absolute Gasteiger partial charge is 0.463 e. The molecule has 0 atom stereocenters. The Labute approximate surface area is 132 Å². The van der Waals surface area contributed by atoms with Crippen molar-refractivity contribution < 1.29 is 17.5 Å². The van der Waals surface area contributed by atoms with Crippen molar-refractivity contribution in [3.63, 3.8) is 0 Å². The fourth-order valence-electron chi connectivity index (χ4n) is 2.09. The van der Waals surface area contributed by atoms with Crippen LogP contribution < -0.4 is 4.74 Å². The highest BCUT2D eigenvalue weighted by Crippen LogP contribution is 2.14. The quantitative estimate of drug-likeness (QED) is 0.509. The molecule has 6 nitrogen and oxygen atoms in total. The molecule has 0 aliphatic rings. The number of rotatable bonds is 6. The van der Waals surface area contributed by atoms with E-state index in [0.717, 1.165) is 12.1 Å². The van der Waals surface area contributed by atoms with Gasteiger partial charge in [0.1, 0.15) is 5.82 Å². The van der Waals surface area contributed by atoms with E-state index in [-0.39, 0.29) is 17.3 Å². The maximum atomic E-state index is 12.8. The van der Waals surface area contributed by atoms with Gasteiger partial charge in [-0.25, -0.2) is 12.8 Å². The molecule has 0 saturated carbocycles. The van der Waals surface area contributed by atoms with Crippen molar-refractivity contribution in [3.05, 3.63) is 54.5 Å². The first kappa shape index (κ1) is 15.4. The van der Waals surface area contributed by atoms with Gasteiger partial charge >= 0.3 is 6.01 Å². The number of nitrogens with zero attached hydrogens (tertiary/aromatic N) is 3. The molecule has 1 aromatic carbocycles. The standard InChI is InChI=1S/C15H14FN3O3S/c16-12-5-7-13(8-6-12)23(20,21)11-3-10-22-15-18-17-14-4-1-2-9-19(14)15/h1-2,4-9H,3,10-11H2. The van der Waals surface area contributed by atoms with Crippen LogP contribution in [0, 0.1) is 5.82 Å². The highest BCUT2D eigenvalue weighted by Gasteiger charge is 2.14. The highest BCUT2D eigenvalue weighted by atomic mass is 32.2. The van der Waals surface area contributed by atoms with Gasteiger partial charge in [-0.2, -0.15) is 0 Å². The average Bonchev–Trinajstić information content (AvgIpc) is 2.95. The molecule has 0 N–H and O–H groups in total. The minimum absolute atomic E-state index is 0.0879. The topological polar surface area (TPSA) is 73.6 Å². The third kappa shape index (κ3) is 3.48. The van der Waals surface area contributed by atoms with Crippen LogP contribution in [0.5, 0.6) is 6.01 Å². The molecular weight excluding hydrogens is 321 g/mol. The summed E-state index contributed by atoms with van der Waals surface area (Å²) in [6.07, 6.45) is 2.06. The van der Waals surface area contributed by atoms with Gasteiger partial charge in [0, 0.05) is 6.20 Å². The summed E-state index contributed by atoms with van der Waals surface area (Å²) in [5.41, 5.74) is 0.654. The van der Waals surface area contributed by atoms with Crippen molar-refractivity contribution in [2.75, 3.05) is 12.4 Å². The molecule has 0 bridgehead atoms. The van der Waals surface area contributed by atoms with Gasteiger partial charge in [-0.1, -0.05) is 11.2 Å². The van der Waals surface area contributed by atoms with E-state index in [1.54, 1.807) is 16.7 Å². The monoisotopic (exact) mass is 335 g/mol. The number of halogens is 1. The second kappa shape index (κ2) is 6.33. The number of hydrogen-bond acceptors (Lipinski definition) is 5. The number of hydrogen-bond donors (Lipinski definition) is 0. The Balaban J connectivity index is 1.58. The summed E-state index contributed by atoms with van der Waals surface area (Å²) in [5.74, 6) is -0.555. The lowest BCUT2D eigenvalue weighted by atomic mass is 10.4. The number of aromatic nitrogens is 3. The molecule has 0 radical (unpaired) electrons. The first-order valence-corrected chi connectivity index (χ1v) is 8.62. The molecule has 0 aliphatic carbocycles. The number of fused-ring (bicyclic) bond motifs is 1. The molecule has 0 spiro atoms. The number of sulfone groups is 1. The molecule has 0 saturated heterocycles. The van der Waals surface area contributed by atoms with Gasteiger partial charge in [-0.15, -0.1) is 5.10 Å². The van der Waals surface area contributed by atoms with Gasteiger partial charge < -0.3 is 4.74 Å². The zero-order valence-corrected chi connectivity index (χ0v) is 12.9. The van der Waals surface area contributed by atoms with Crippen LogP contribution in [0.3, 0.4) is 0 Å². The second-order valence-corrected chi connectivity index (χ2v) is 7.00. The van der Waals surface area contributed by atoms with E-state index >= 15 is 0 Å². The molecule has 0 unspecified atom stereocenters. The van der Waals surface area contributed by atoms with Gasteiger partial charge in [0.15, 0.2) is 15.5 Å². The van der Waals surface area contributed by atoms with Crippen molar-refractivity contribution in [1.29, 1.82) is 0 Å². The Morgan fingerprint density at radius 3 is 2.65 bits per heavy atom. The summed E-state index contributed by atoms with van der Waals surface area (Å²) in [6, 6.07) is 10.6. The summed E-state index contributed by atoms with van der Waals surface area (Å²) in [7, 11) is -3.45. The van der Waals surface area contributed by atoms with E-state index in [9.17, 15) is 12.8 Å². The average molecular weight is 335 g/mol. The lowest BCUT2D eigenvalue weighted by Crippen LogP contribution is -2.11. The summed E-state index contributed by atoms with van der Waals surface area (Å²) in [6.45, 7) is 0.191. The fraction of sp³-hybridized carbons (Fsp3) is 0.200. The molecule has 120 valence electrons. The van der Waals surface area contributed by atoms with Crippen molar-refractivity contribution in [2.24, 2.45) is 0 Å². The van der Waals surface area contributed by atoms with Crippen LogP contribution in [0.15, 0.2) is 53.6 Å². The number of benzene rings is 1. The number of ether oxygens (including phenoxy) is 1. The van der Waals surface area contributed by atoms with Gasteiger partial charge in [-0.05, 0) is 42.8 Å². The molecule has 0 amide bonds. The van der Waals surface area contributed by atoms with Crippen LogP contribution in [0.2, 0.25) is 0 Å². The van der Waals surface area contributed by atoms with Gasteiger partial charge in [0.2, 0.25) is 0 Å². The lowest BCUT2D eigenvalue weighted by Gasteiger charge is -2.06. The zero-order valence-electron chi connectivity index (χ0n) is 12.1. The van der Waals surface area contributed by atoms with Crippen molar-refractivity contribution >= 4 is 15.5 Å². The Bertz CT molecular complexity index is 907. The Kier molecular flexibility index (Phi) is 4.24. The molecule has 3 aromatic rings. The molecule has 2 heterocycles. The molecule has 8 heteroatoms. The van der Waals surface area contributed by atoms with Gasteiger partial charge in [0.05, 0.1) is 17.3 Å². The van der Waals surface area contributed by atoms with Crippen LogP contribution in [-0.4, -0.2) is 35.4 Å². The van der Waals surface area contributed by atoms with E-state index in [4.69, 9.17) is 4.74 Å². The molecule has 23 heavy (non-hydrogen) atoms. The number of pyridine rings is 1. The van der Waals surface area contributed by atoms with E-state index in [2.05, 4.69) is 10.2 Å². The second-order valence-electron chi connectivity index (χ2n) is 4.89. The summed E-state index contributed by atoms with van der Waals surface area (Å²) >= 11 is 0. The first-order valence-electron chi connectivity index (χ1n) is 6.97. The smallest absolute Gasteiger partial charge is 0.321 e. The highest BCUT2D eigenvalue weighted by molar-refractivity contribution is 7.91. The van der Waals surface area contributed by atoms with Crippen molar-refractivity contribution in [3.8, 4) is 6.01 Å². The van der Waals surface area contributed by atoms with Gasteiger partial charge in [0.25, 0.3) is 0 Å². The molecule has 0 aliphatic heterocycles.